The van der Waals surface area contributed by atoms with Crippen molar-refractivity contribution in [3.05, 3.63) is 48.6 Å². The predicted molar refractivity (Wildman–Crippen MR) is 183 cm³/mol. The SMILES string of the molecule is CCCCCCCCCCCCCCC(=O)OC[C@H](CO)OC(=O)CCC/C=C\C/C=C\C/C=C\C/C=C\CCCCCO. The van der Waals surface area contributed by atoms with Crippen LogP contribution in [0.1, 0.15) is 155 Å². The average molecular weight is 619 g/mol. The highest BCUT2D eigenvalue weighted by atomic mass is 16.6. The number of ether oxygens (including phenoxy) is 2. The van der Waals surface area contributed by atoms with E-state index in [0.717, 1.165) is 70.6 Å². The lowest BCUT2D eigenvalue weighted by Crippen LogP contribution is -2.28. The van der Waals surface area contributed by atoms with Gasteiger partial charge in [-0.25, -0.2) is 0 Å². The van der Waals surface area contributed by atoms with Crippen molar-refractivity contribution in [1.82, 2.24) is 0 Å². The molecule has 0 aromatic carbocycles. The van der Waals surface area contributed by atoms with Gasteiger partial charge in [-0.2, -0.15) is 0 Å². The van der Waals surface area contributed by atoms with Gasteiger partial charge in [-0.05, 0) is 57.8 Å². The van der Waals surface area contributed by atoms with Crippen molar-refractivity contribution in [1.29, 1.82) is 0 Å². The van der Waals surface area contributed by atoms with Gasteiger partial charge in [0.05, 0.1) is 6.61 Å². The summed E-state index contributed by atoms with van der Waals surface area (Å²) in [5, 5.41) is 18.3. The number of allylic oxidation sites excluding steroid dienone is 8. The fourth-order valence-electron chi connectivity index (χ4n) is 4.70. The molecular weight excluding hydrogens is 552 g/mol. The molecule has 6 nitrogen and oxygen atoms in total. The second-order valence-electron chi connectivity index (χ2n) is 11.7. The largest absolute Gasteiger partial charge is 0.462 e. The summed E-state index contributed by atoms with van der Waals surface area (Å²) in [6, 6.07) is 0. The van der Waals surface area contributed by atoms with Gasteiger partial charge in [0.1, 0.15) is 6.61 Å². The van der Waals surface area contributed by atoms with Gasteiger partial charge >= 0.3 is 11.9 Å². The second-order valence-corrected chi connectivity index (χ2v) is 11.7. The lowest BCUT2D eigenvalue weighted by molar-refractivity contribution is -0.161. The monoisotopic (exact) mass is 618 g/mol. The third-order valence-electron chi connectivity index (χ3n) is 7.43. The molecule has 0 heterocycles. The highest BCUT2D eigenvalue weighted by molar-refractivity contribution is 5.70. The van der Waals surface area contributed by atoms with Crippen LogP contribution in [0.4, 0.5) is 0 Å². The Balaban J connectivity index is 3.69. The van der Waals surface area contributed by atoms with Gasteiger partial charge in [0, 0.05) is 19.4 Å². The zero-order valence-electron chi connectivity index (χ0n) is 28.1. The summed E-state index contributed by atoms with van der Waals surface area (Å²) >= 11 is 0. The number of hydrogen-bond acceptors (Lipinski definition) is 6. The van der Waals surface area contributed by atoms with E-state index in [9.17, 15) is 14.7 Å². The normalized spacial score (nSPS) is 12.7. The Hall–Kier alpha value is -2.18. The molecule has 0 aromatic heterocycles. The van der Waals surface area contributed by atoms with E-state index in [1.54, 1.807) is 0 Å². The summed E-state index contributed by atoms with van der Waals surface area (Å²) in [5.74, 6) is -0.672. The number of hydrogen-bond donors (Lipinski definition) is 2. The molecule has 0 amide bonds. The van der Waals surface area contributed by atoms with Crippen LogP contribution in [0, 0.1) is 0 Å². The molecule has 0 rings (SSSR count). The Labute approximate surface area is 270 Å². The molecular formula is C38H66O6. The quantitative estimate of drug-likeness (QED) is 0.0443. The van der Waals surface area contributed by atoms with Crippen molar-refractivity contribution < 1.29 is 29.3 Å². The molecule has 0 aliphatic rings. The van der Waals surface area contributed by atoms with Crippen LogP contribution >= 0.6 is 0 Å². The van der Waals surface area contributed by atoms with Crippen LogP contribution < -0.4 is 0 Å². The van der Waals surface area contributed by atoms with E-state index in [4.69, 9.17) is 14.6 Å². The Morgan fingerprint density at radius 2 is 1.00 bits per heavy atom. The van der Waals surface area contributed by atoms with Crippen molar-refractivity contribution >= 4 is 11.9 Å². The molecule has 0 fully saturated rings. The lowest BCUT2D eigenvalue weighted by Gasteiger charge is -2.15. The van der Waals surface area contributed by atoms with E-state index < -0.39 is 6.10 Å². The molecule has 6 heteroatoms. The maximum Gasteiger partial charge on any atom is 0.306 e. The number of aliphatic hydroxyl groups is 2. The Morgan fingerprint density at radius 1 is 0.545 bits per heavy atom. The van der Waals surface area contributed by atoms with Gasteiger partial charge in [-0.1, -0.05) is 133 Å². The maximum atomic E-state index is 12.1. The number of carbonyl (C=O) groups is 2. The Morgan fingerprint density at radius 3 is 1.52 bits per heavy atom. The zero-order chi connectivity index (χ0) is 32.2. The molecule has 0 aliphatic carbocycles. The van der Waals surface area contributed by atoms with Gasteiger partial charge in [0.15, 0.2) is 6.10 Å². The third-order valence-corrected chi connectivity index (χ3v) is 7.43. The molecule has 2 N–H and O–H groups in total. The van der Waals surface area contributed by atoms with Crippen molar-refractivity contribution in [2.24, 2.45) is 0 Å². The molecule has 0 radical (unpaired) electrons. The first kappa shape index (κ1) is 41.8. The van der Waals surface area contributed by atoms with Crippen LogP contribution in [0.2, 0.25) is 0 Å². The topological polar surface area (TPSA) is 93.1 Å². The highest BCUT2D eigenvalue weighted by Crippen LogP contribution is 2.13. The molecule has 254 valence electrons. The number of carbonyl (C=O) groups excluding carboxylic acids is 2. The molecule has 0 saturated heterocycles. The molecule has 0 aromatic rings. The summed E-state index contributed by atoms with van der Waals surface area (Å²) in [7, 11) is 0. The van der Waals surface area contributed by atoms with Crippen LogP contribution in [-0.4, -0.2) is 48.1 Å². The highest BCUT2D eigenvalue weighted by Gasteiger charge is 2.15. The molecule has 0 bridgehead atoms. The smallest absolute Gasteiger partial charge is 0.306 e. The molecule has 1 atom stereocenters. The van der Waals surface area contributed by atoms with Crippen LogP contribution in [0.3, 0.4) is 0 Å². The van der Waals surface area contributed by atoms with E-state index >= 15 is 0 Å². The number of esters is 2. The molecule has 0 spiro atoms. The lowest BCUT2D eigenvalue weighted by atomic mass is 10.0. The van der Waals surface area contributed by atoms with Gasteiger partial charge in [0.25, 0.3) is 0 Å². The van der Waals surface area contributed by atoms with Crippen molar-refractivity contribution in [3.8, 4) is 0 Å². The number of rotatable bonds is 32. The summed E-state index contributed by atoms with van der Waals surface area (Å²) in [6.45, 7) is 2.09. The average Bonchev–Trinajstić information content (AvgIpc) is 3.02. The van der Waals surface area contributed by atoms with Gasteiger partial charge in [-0.3, -0.25) is 9.59 Å². The number of unbranched alkanes of at least 4 members (excludes halogenated alkanes) is 15. The maximum absolute atomic E-state index is 12.1. The Bertz CT molecular complexity index is 754. The first-order valence-electron chi connectivity index (χ1n) is 17.8. The van der Waals surface area contributed by atoms with E-state index in [1.807, 2.05) is 0 Å². The van der Waals surface area contributed by atoms with E-state index in [2.05, 4.69) is 55.5 Å². The minimum absolute atomic E-state index is 0.0937. The first-order chi connectivity index (χ1) is 21.6. The Kier molecular flexibility index (Phi) is 33.6. The fourth-order valence-corrected chi connectivity index (χ4v) is 4.70. The molecule has 44 heavy (non-hydrogen) atoms. The summed E-state index contributed by atoms with van der Waals surface area (Å²) in [5.41, 5.74) is 0. The zero-order valence-corrected chi connectivity index (χ0v) is 28.1. The van der Waals surface area contributed by atoms with Gasteiger partial charge in [0.2, 0.25) is 0 Å². The molecule has 0 unspecified atom stereocenters. The van der Waals surface area contributed by atoms with E-state index in [1.165, 1.54) is 57.8 Å². The molecule has 0 aliphatic heterocycles. The van der Waals surface area contributed by atoms with E-state index in [0.29, 0.717) is 19.4 Å². The van der Waals surface area contributed by atoms with E-state index in [-0.39, 0.29) is 31.6 Å². The number of aliphatic hydroxyl groups excluding tert-OH is 2. The predicted octanol–water partition coefficient (Wildman–Crippen LogP) is 9.64. The van der Waals surface area contributed by atoms with Crippen molar-refractivity contribution in [2.45, 2.75) is 161 Å². The minimum Gasteiger partial charge on any atom is -0.462 e. The van der Waals surface area contributed by atoms with Crippen molar-refractivity contribution in [2.75, 3.05) is 19.8 Å². The summed E-state index contributed by atoms with van der Waals surface area (Å²) < 4.78 is 10.5. The van der Waals surface area contributed by atoms with Crippen LogP contribution in [0.25, 0.3) is 0 Å². The van der Waals surface area contributed by atoms with Crippen LogP contribution in [0.5, 0.6) is 0 Å². The van der Waals surface area contributed by atoms with Crippen LogP contribution in [0.15, 0.2) is 48.6 Å². The molecule has 0 saturated carbocycles. The van der Waals surface area contributed by atoms with Crippen molar-refractivity contribution in [3.63, 3.8) is 0 Å². The second kappa shape index (κ2) is 35.3. The van der Waals surface area contributed by atoms with Gasteiger partial charge in [-0.15, -0.1) is 0 Å². The minimum atomic E-state index is -0.804. The summed E-state index contributed by atoms with van der Waals surface area (Å²) in [6.07, 6.45) is 40.4. The van der Waals surface area contributed by atoms with Gasteiger partial charge < -0.3 is 19.7 Å². The summed E-state index contributed by atoms with van der Waals surface area (Å²) in [4.78, 5) is 24.1. The first-order valence-corrected chi connectivity index (χ1v) is 17.8. The standard InChI is InChI=1S/C38H66O6/c1-2-3-4-5-6-7-8-16-19-22-25-28-31-37(41)43-35-36(34-40)44-38(42)32-29-26-23-20-17-14-12-10-9-11-13-15-18-21-24-27-30-33-39/h9,11-12,14-15,18,20,23,36,39-40H,2-8,10,13,16-17,19,21-22,24-35H2,1H3/b11-9-,14-12-,18-15-,23-20-/t36-/m0/s1. The van der Waals surface area contributed by atoms with Crippen LogP contribution in [-0.2, 0) is 19.1 Å². The third kappa shape index (κ3) is 32.7. The fraction of sp³-hybridized carbons (Fsp3) is 0.737.